The zero-order chi connectivity index (χ0) is 36.6. The molecule has 0 radical (unpaired) electrons. The van der Waals surface area contributed by atoms with E-state index >= 15 is 0 Å². The van der Waals surface area contributed by atoms with Gasteiger partial charge in [0.05, 0.1) is 0 Å². The second-order valence-electron chi connectivity index (χ2n) is 13.8. The number of fused-ring (bicyclic) bond motifs is 3. The minimum Gasteiger partial charge on any atom is -0.452 e. The summed E-state index contributed by atoms with van der Waals surface area (Å²) in [6.07, 6.45) is 0. The fraction of sp³-hybridized carbons (Fsp3) is 0. The van der Waals surface area contributed by atoms with Gasteiger partial charge in [-0.15, -0.1) is 0 Å². The van der Waals surface area contributed by atoms with Gasteiger partial charge in [-0.1, -0.05) is 164 Å². The topological polar surface area (TPSA) is 38.9 Å². The van der Waals surface area contributed by atoms with Crippen LogP contribution < -0.4 is 0 Å². The van der Waals surface area contributed by atoms with Crippen LogP contribution in [0.1, 0.15) is 0 Å². The smallest absolute Gasteiger partial charge is 0.180 e. The lowest BCUT2D eigenvalue weighted by molar-refractivity contribution is 0.667. The van der Waals surface area contributed by atoms with Crippen molar-refractivity contribution in [2.45, 2.75) is 0 Å². The van der Waals surface area contributed by atoms with Crippen molar-refractivity contribution < 1.29 is 4.42 Å². The van der Waals surface area contributed by atoms with Gasteiger partial charge < -0.3 is 4.42 Å². The lowest BCUT2D eigenvalue weighted by atomic mass is 9.95. The van der Waals surface area contributed by atoms with Crippen LogP contribution in [0.25, 0.3) is 100 Å². The van der Waals surface area contributed by atoms with Crippen molar-refractivity contribution in [1.82, 2.24) is 9.97 Å². The number of nitrogens with zero attached hydrogens (tertiary/aromatic N) is 2. The molecule has 0 saturated heterocycles. The van der Waals surface area contributed by atoms with Gasteiger partial charge in [-0.3, -0.25) is 0 Å². The molecule has 258 valence electrons. The highest BCUT2D eigenvalue weighted by molar-refractivity contribution is 6.07. The summed E-state index contributed by atoms with van der Waals surface area (Å²) in [5, 5.41) is 0.968. The van der Waals surface area contributed by atoms with E-state index in [2.05, 4.69) is 182 Å². The Morgan fingerprint density at radius 1 is 0.291 bits per heavy atom. The van der Waals surface area contributed by atoms with Gasteiger partial charge in [-0.25, -0.2) is 9.97 Å². The summed E-state index contributed by atoms with van der Waals surface area (Å²) in [5.74, 6) is 0.652. The predicted molar refractivity (Wildman–Crippen MR) is 227 cm³/mol. The summed E-state index contributed by atoms with van der Waals surface area (Å²) in [4.78, 5) is 10.4. The molecule has 10 aromatic rings. The second-order valence-corrected chi connectivity index (χ2v) is 13.8. The van der Waals surface area contributed by atoms with Crippen LogP contribution in [0.4, 0.5) is 0 Å². The maximum absolute atomic E-state index is 6.51. The Hall–Kier alpha value is -7.36. The van der Waals surface area contributed by atoms with Gasteiger partial charge in [-0.05, 0) is 98.1 Å². The number of para-hydroxylation sites is 1. The molecule has 0 atom stereocenters. The van der Waals surface area contributed by atoms with Crippen LogP contribution >= 0.6 is 0 Å². The Morgan fingerprint density at radius 2 is 0.655 bits per heavy atom. The zero-order valence-electron chi connectivity index (χ0n) is 29.9. The maximum Gasteiger partial charge on any atom is 0.180 e. The third-order valence-corrected chi connectivity index (χ3v) is 10.3. The molecule has 0 bridgehead atoms. The number of hydrogen-bond acceptors (Lipinski definition) is 3. The number of aromatic nitrogens is 2. The minimum absolute atomic E-state index is 0.652. The van der Waals surface area contributed by atoms with Crippen LogP contribution in [0.3, 0.4) is 0 Å². The summed E-state index contributed by atoms with van der Waals surface area (Å²) in [6.45, 7) is 0. The van der Waals surface area contributed by atoms with Crippen molar-refractivity contribution in [3.63, 3.8) is 0 Å². The largest absolute Gasteiger partial charge is 0.452 e. The lowest BCUT2D eigenvalue weighted by Gasteiger charge is -2.11. The molecular formula is C52H34N2O. The average molecular weight is 703 g/mol. The predicted octanol–water partition coefficient (Wildman–Crippen LogP) is 14.0. The lowest BCUT2D eigenvalue weighted by Crippen LogP contribution is -1.94. The first-order valence-corrected chi connectivity index (χ1v) is 18.6. The molecule has 8 aromatic carbocycles. The Balaban J connectivity index is 1.06. The van der Waals surface area contributed by atoms with Crippen LogP contribution in [-0.4, -0.2) is 9.97 Å². The van der Waals surface area contributed by atoms with Crippen LogP contribution in [0, 0.1) is 0 Å². The Bertz CT molecular complexity index is 2980. The highest BCUT2D eigenvalue weighted by Gasteiger charge is 2.19. The van der Waals surface area contributed by atoms with Crippen molar-refractivity contribution in [1.29, 1.82) is 0 Å². The van der Waals surface area contributed by atoms with Gasteiger partial charge >= 0.3 is 0 Å². The van der Waals surface area contributed by atoms with Gasteiger partial charge in [0.25, 0.3) is 0 Å². The van der Waals surface area contributed by atoms with Crippen LogP contribution in [0.5, 0.6) is 0 Å². The highest BCUT2D eigenvalue weighted by Crippen LogP contribution is 2.38. The first-order valence-electron chi connectivity index (χ1n) is 18.6. The zero-order valence-corrected chi connectivity index (χ0v) is 29.9. The Morgan fingerprint density at radius 3 is 1.16 bits per heavy atom. The van der Waals surface area contributed by atoms with E-state index in [-0.39, 0.29) is 0 Å². The van der Waals surface area contributed by atoms with Crippen LogP contribution in [0.2, 0.25) is 0 Å². The first-order chi connectivity index (χ1) is 27.2. The Labute approximate surface area is 319 Å². The summed E-state index contributed by atoms with van der Waals surface area (Å²) in [5.41, 5.74) is 16.5. The standard InChI is InChI=1S/C52H34N2O/c1-3-14-35(15-4-1)37-18-9-20-39(30-37)41-22-11-23-42(32-41)44-25-13-27-46(34-44)52-53-49(51-50(54-52)47-28-7-8-29-48(47)55-51)45-26-12-24-43(33-45)40-21-10-19-38(31-40)36-16-5-2-6-17-36/h1-34H. The number of hydrogen-bond donors (Lipinski definition) is 0. The molecule has 2 aromatic heterocycles. The van der Waals surface area contributed by atoms with E-state index in [0.717, 1.165) is 55.6 Å². The number of furan rings is 1. The first kappa shape index (κ1) is 32.3. The Kier molecular flexibility index (Phi) is 8.16. The van der Waals surface area contributed by atoms with Crippen molar-refractivity contribution in [2.75, 3.05) is 0 Å². The van der Waals surface area contributed by atoms with Gasteiger partial charge in [0.1, 0.15) is 16.8 Å². The van der Waals surface area contributed by atoms with Crippen molar-refractivity contribution in [2.24, 2.45) is 0 Å². The monoisotopic (exact) mass is 702 g/mol. The molecule has 3 heteroatoms. The maximum atomic E-state index is 6.51. The van der Waals surface area contributed by atoms with Gasteiger partial charge in [0.2, 0.25) is 0 Å². The minimum atomic E-state index is 0.652. The molecule has 0 saturated carbocycles. The average Bonchev–Trinajstić information content (AvgIpc) is 3.66. The molecule has 0 N–H and O–H groups in total. The molecule has 3 nitrogen and oxygen atoms in total. The number of rotatable bonds is 7. The van der Waals surface area contributed by atoms with Crippen LogP contribution in [0.15, 0.2) is 211 Å². The summed E-state index contributed by atoms with van der Waals surface area (Å²) in [7, 11) is 0. The van der Waals surface area contributed by atoms with E-state index in [1.54, 1.807) is 0 Å². The molecule has 0 fully saturated rings. The van der Waals surface area contributed by atoms with E-state index < -0.39 is 0 Å². The second kappa shape index (κ2) is 13.9. The van der Waals surface area contributed by atoms with Crippen molar-refractivity contribution in [3.8, 4) is 78.3 Å². The highest BCUT2D eigenvalue weighted by atomic mass is 16.3. The molecule has 0 spiro atoms. The third kappa shape index (κ3) is 6.28. The molecule has 0 aliphatic heterocycles. The van der Waals surface area contributed by atoms with E-state index in [4.69, 9.17) is 14.4 Å². The fourth-order valence-electron chi connectivity index (χ4n) is 7.50. The van der Waals surface area contributed by atoms with Crippen molar-refractivity contribution in [3.05, 3.63) is 206 Å². The van der Waals surface area contributed by atoms with E-state index in [9.17, 15) is 0 Å². The molecule has 0 aliphatic carbocycles. The molecule has 2 heterocycles. The summed E-state index contributed by atoms with van der Waals surface area (Å²) < 4.78 is 6.51. The third-order valence-electron chi connectivity index (χ3n) is 10.3. The quantitative estimate of drug-likeness (QED) is 0.166. The molecule has 10 rings (SSSR count). The summed E-state index contributed by atoms with van der Waals surface area (Å²) in [6, 6.07) is 72.4. The van der Waals surface area contributed by atoms with Crippen LogP contribution in [-0.2, 0) is 0 Å². The summed E-state index contributed by atoms with van der Waals surface area (Å²) >= 11 is 0. The van der Waals surface area contributed by atoms with Gasteiger partial charge in [-0.2, -0.15) is 0 Å². The normalized spacial score (nSPS) is 11.3. The molecule has 55 heavy (non-hydrogen) atoms. The van der Waals surface area contributed by atoms with Gasteiger partial charge in [0, 0.05) is 16.5 Å². The van der Waals surface area contributed by atoms with Gasteiger partial charge in [0.15, 0.2) is 11.4 Å². The molecular weight excluding hydrogens is 669 g/mol. The van der Waals surface area contributed by atoms with E-state index in [1.165, 1.54) is 33.4 Å². The SMILES string of the molecule is c1ccc(-c2cccc(-c3cccc(-c4cccc(-c5nc(-c6cccc(-c7cccc(-c8ccccc8)c7)c6)c6oc7ccccc7c6n5)c4)c3)c2)cc1. The van der Waals surface area contributed by atoms with Crippen molar-refractivity contribution >= 4 is 22.1 Å². The fourth-order valence-corrected chi connectivity index (χ4v) is 7.50. The number of benzene rings is 8. The van der Waals surface area contributed by atoms with E-state index in [0.29, 0.717) is 11.4 Å². The molecule has 0 aliphatic rings. The van der Waals surface area contributed by atoms with E-state index in [1.807, 2.05) is 24.3 Å². The molecule has 0 unspecified atom stereocenters. The molecule has 0 amide bonds.